The molecule has 31 heavy (non-hydrogen) atoms. The second-order valence-electron chi connectivity index (χ2n) is 14.6. The Hall–Kier alpha value is -0.570. The van der Waals surface area contributed by atoms with Crippen LogP contribution in [0.2, 0.25) is 0 Å². The van der Waals surface area contributed by atoms with Crippen LogP contribution in [0.5, 0.6) is 0 Å². The summed E-state index contributed by atoms with van der Waals surface area (Å²) in [6.07, 6.45) is 10.7. The van der Waals surface area contributed by atoms with Gasteiger partial charge in [-0.2, -0.15) is 0 Å². The summed E-state index contributed by atoms with van der Waals surface area (Å²) in [7, 11) is 0. The zero-order valence-corrected chi connectivity index (χ0v) is 21.4. The Kier molecular flexibility index (Phi) is 4.24. The van der Waals surface area contributed by atoms with Gasteiger partial charge in [0.2, 0.25) is 5.79 Å². The van der Waals surface area contributed by atoms with Gasteiger partial charge in [0.15, 0.2) is 0 Å². The molecule has 0 spiro atoms. The molecule has 1 heterocycles. The third-order valence-electron chi connectivity index (χ3n) is 13.0. The summed E-state index contributed by atoms with van der Waals surface area (Å²) in [6, 6.07) is 0. The van der Waals surface area contributed by atoms with Crippen LogP contribution in [0, 0.1) is 50.2 Å². The minimum absolute atomic E-state index is 0.174. The van der Waals surface area contributed by atoms with E-state index in [9.17, 15) is 9.90 Å². The van der Waals surface area contributed by atoms with E-state index in [4.69, 9.17) is 4.74 Å². The van der Waals surface area contributed by atoms with E-state index in [1.165, 1.54) is 32.1 Å². The van der Waals surface area contributed by atoms with Crippen molar-refractivity contribution in [2.45, 2.75) is 119 Å². The van der Waals surface area contributed by atoms with Gasteiger partial charge in [0.1, 0.15) is 0 Å². The highest BCUT2D eigenvalue weighted by Crippen LogP contribution is 2.79. The fourth-order valence-electron chi connectivity index (χ4n) is 10.2. The number of hydrogen-bond acceptors (Lipinski definition) is 3. The highest BCUT2D eigenvalue weighted by Gasteiger charge is 2.78. The molecule has 4 aliphatic carbocycles. The number of aliphatic hydroxyl groups is 1. The quantitative estimate of drug-likeness (QED) is 0.434. The van der Waals surface area contributed by atoms with Crippen molar-refractivity contribution in [2.24, 2.45) is 50.2 Å². The number of carbonyl (C=O) groups excluding carboxylic acids is 1. The molecule has 9 atom stereocenters. The molecule has 0 amide bonds. The van der Waals surface area contributed by atoms with E-state index >= 15 is 0 Å². The Morgan fingerprint density at radius 3 is 1.97 bits per heavy atom. The number of esters is 1. The van der Waals surface area contributed by atoms with Crippen molar-refractivity contribution in [3.63, 3.8) is 0 Å². The number of fused-ring (bicyclic) bond motifs is 7. The Balaban J connectivity index is 1.59. The van der Waals surface area contributed by atoms with Gasteiger partial charge >= 0.3 is 5.97 Å². The van der Waals surface area contributed by atoms with Crippen LogP contribution in [0.3, 0.4) is 0 Å². The van der Waals surface area contributed by atoms with Gasteiger partial charge in [-0.3, -0.25) is 4.79 Å². The molecule has 0 bridgehead atoms. The van der Waals surface area contributed by atoms with E-state index in [-0.39, 0.29) is 28.1 Å². The molecule has 4 saturated carbocycles. The van der Waals surface area contributed by atoms with Gasteiger partial charge in [-0.05, 0) is 91.3 Å². The molecule has 1 aliphatic heterocycles. The molecule has 0 aromatic rings. The first-order chi connectivity index (χ1) is 14.1. The molecule has 3 heteroatoms. The second-order valence-corrected chi connectivity index (χ2v) is 14.6. The van der Waals surface area contributed by atoms with Gasteiger partial charge in [-0.1, -0.05) is 55.4 Å². The normalized spacial score (nSPS) is 60.3. The molecule has 5 aliphatic rings. The third-order valence-corrected chi connectivity index (χ3v) is 13.0. The van der Waals surface area contributed by atoms with Gasteiger partial charge in [0.25, 0.3) is 0 Å². The molecule has 3 nitrogen and oxygen atoms in total. The first-order valence-electron chi connectivity index (χ1n) is 13.0. The summed E-state index contributed by atoms with van der Waals surface area (Å²) in [4.78, 5) is 12.7. The van der Waals surface area contributed by atoms with Crippen molar-refractivity contribution < 1.29 is 14.6 Å². The van der Waals surface area contributed by atoms with Crippen molar-refractivity contribution >= 4 is 5.97 Å². The summed E-state index contributed by atoms with van der Waals surface area (Å²) in [5, 5.41) is 12.2. The van der Waals surface area contributed by atoms with E-state index in [0.29, 0.717) is 16.7 Å². The number of ether oxygens (including phenoxy) is 1. The molecule has 0 unspecified atom stereocenters. The summed E-state index contributed by atoms with van der Waals surface area (Å²) in [6.45, 7) is 19.0. The molecule has 5 rings (SSSR count). The van der Waals surface area contributed by atoms with Crippen LogP contribution in [0.1, 0.15) is 113 Å². The highest BCUT2D eigenvalue weighted by molar-refractivity contribution is 5.76. The lowest BCUT2D eigenvalue weighted by atomic mass is 9.31. The summed E-state index contributed by atoms with van der Waals surface area (Å²) < 4.78 is 5.97. The summed E-state index contributed by atoms with van der Waals surface area (Å²) >= 11 is 0. The molecule has 176 valence electrons. The zero-order chi connectivity index (χ0) is 22.9. The van der Waals surface area contributed by atoms with Crippen LogP contribution in [0.15, 0.2) is 0 Å². The number of hydrogen-bond donors (Lipinski definition) is 1. The second kappa shape index (κ2) is 5.91. The maximum absolute atomic E-state index is 12.7. The van der Waals surface area contributed by atoms with E-state index in [2.05, 4.69) is 48.5 Å². The Morgan fingerprint density at radius 2 is 1.29 bits per heavy atom. The number of carbonyl (C=O) groups is 1. The standard InChI is InChI=1S/C28H46O3/c1-18-21(29)31-28(30)24(18,5)10-9-19-25(6)14-13-23(4)12-11-22(2,3)17-20(23)26(25,7)15-16-27(19,28)8/h18-20,30H,9-17H2,1-8H3/t18-,19+,20+,23+,24+,25+,26-,27+,28+/m0/s1. The van der Waals surface area contributed by atoms with Crippen LogP contribution in [-0.2, 0) is 9.53 Å². The Labute approximate surface area is 190 Å². The third kappa shape index (κ3) is 2.33. The molecule has 0 aromatic carbocycles. The summed E-state index contributed by atoms with van der Waals surface area (Å²) in [5.41, 5.74) is 0.479. The van der Waals surface area contributed by atoms with Crippen LogP contribution in [-0.4, -0.2) is 16.9 Å². The van der Waals surface area contributed by atoms with Crippen LogP contribution in [0.25, 0.3) is 0 Å². The molecular formula is C28H46O3. The smallest absolute Gasteiger partial charge is 0.312 e. The molecule has 0 aromatic heterocycles. The van der Waals surface area contributed by atoms with Gasteiger partial charge in [-0.25, -0.2) is 0 Å². The first-order valence-corrected chi connectivity index (χ1v) is 13.0. The van der Waals surface area contributed by atoms with Crippen LogP contribution in [0.4, 0.5) is 0 Å². The average Bonchev–Trinajstić information content (AvgIpc) is 2.86. The van der Waals surface area contributed by atoms with Crippen molar-refractivity contribution in [3.8, 4) is 0 Å². The maximum Gasteiger partial charge on any atom is 0.312 e. The fourth-order valence-corrected chi connectivity index (χ4v) is 10.2. The van der Waals surface area contributed by atoms with E-state index < -0.39 is 11.2 Å². The molecule has 5 fully saturated rings. The lowest BCUT2D eigenvalue weighted by molar-refractivity contribution is -0.356. The van der Waals surface area contributed by atoms with E-state index in [0.717, 1.165) is 31.6 Å². The lowest BCUT2D eigenvalue weighted by Crippen LogP contribution is -2.71. The molecule has 0 radical (unpaired) electrons. The summed E-state index contributed by atoms with van der Waals surface area (Å²) in [5.74, 6) is -0.638. The maximum atomic E-state index is 12.7. The Morgan fingerprint density at radius 1 is 0.742 bits per heavy atom. The van der Waals surface area contributed by atoms with Crippen LogP contribution < -0.4 is 0 Å². The zero-order valence-electron chi connectivity index (χ0n) is 21.4. The van der Waals surface area contributed by atoms with Gasteiger partial charge in [-0.15, -0.1) is 0 Å². The monoisotopic (exact) mass is 430 g/mol. The van der Waals surface area contributed by atoms with Gasteiger partial charge in [0, 0.05) is 10.8 Å². The van der Waals surface area contributed by atoms with Gasteiger partial charge < -0.3 is 9.84 Å². The fraction of sp³-hybridized carbons (Fsp3) is 0.964. The van der Waals surface area contributed by atoms with Crippen LogP contribution >= 0.6 is 0 Å². The van der Waals surface area contributed by atoms with Crippen molar-refractivity contribution in [1.29, 1.82) is 0 Å². The SMILES string of the molecule is C[C@H]1C(=O)O[C@]2(O)[C@]1(C)CC[C@H]1[C@@]2(C)CC[C@@]2(C)[C@@H]3CC(C)(C)CC[C@]3(C)CC[C@]12C. The van der Waals surface area contributed by atoms with Crippen molar-refractivity contribution in [3.05, 3.63) is 0 Å². The molecule has 1 N–H and O–H groups in total. The van der Waals surface area contributed by atoms with E-state index in [1.54, 1.807) is 0 Å². The minimum Gasteiger partial charge on any atom is -0.432 e. The lowest BCUT2D eigenvalue weighted by Gasteiger charge is -2.74. The largest absolute Gasteiger partial charge is 0.432 e. The predicted octanol–water partition coefficient (Wildman–Crippen LogP) is 6.72. The number of rotatable bonds is 0. The van der Waals surface area contributed by atoms with Crippen molar-refractivity contribution in [2.75, 3.05) is 0 Å². The van der Waals surface area contributed by atoms with Crippen molar-refractivity contribution in [1.82, 2.24) is 0 Å². The molecule has 1 saturated heterocycles. The van der Waals surface area contributed by atoms with Gasteiger partial charge in [0.05, 0.1) is 5.92 Å². The average molecular weight is 431 g/mol. The minimum atomic E-state index is -1.34. The highest BCUT2D eigenvalue weighted by atomic mass is 16.7. The molecular weight excluding hydrogens is 384 g/mol. The Bertz CT molecular complexity index is 819. The van der Waals surface area contributed by atoms with E-state index in [1.807, 2.05) is 6.92 Å². The topological polar surface area (TPSA) is 46.5 Å². The predicted molar refractivity (Wildman–Crippen MR) is 123 cm³/mol. The first kappa shape index (κ1) is 22.2.